The molecule has 7 nitrogen and oxygen atoms in total. The molecule has 0 aliphatic heterocycles. The number of aromatic nitrogens is 3. The number of aromatic amines is 1. The molecule has 1 rings (SSSR count). The van der Waals surface area contributed by atoms with Gasteiger partial charge in [-0.25, -0.2) is 0 Å². The minimum absolute atomic E-state index is 0.0722. The Bertz CT molecular complexity index is 408. The van der Waals surface area contributed by atoms with Gasteiger partial charge in [0.05, 0.1) is 12.6 Å². The van der Waals surface area contributed by atoms with Crippen LogP contribution in [0.15, 0.2) is 6.20 Å². The average Bonchev–Trinajstić information content (AvgIpc) is 2.65. The lowest BCUT2D eigenvalue weighted by atomic mass is 9.87. The van der Waals surface area contributed by atoms with Gasteiger partial charge in [-0.1, -0.05) is 20.8 Å². The van der Waals surface area contributed by atoms with Crippen LogP contribution in [0.25, 0.3) is 0 Å². The summed E-state index contributed by atoms with van der Waals surface area (Å²) in [5.74, 6) is -1.36. The minimum Gasteiger partial charge on any atom is -0.481 e. The van der Waals surface area contributed by atoms with Crippen molar-refractivity contribution in [1.29, 1.82) is 0 Å². The monoisotopic (exact) mass is 254 g/mol. The van der Waals surface area contributed by atoms with Crippen molar-refractivity contribution in [3.05, 3.63) is 11.9 Å². The van der Waals surface area contributed by atoms with E-state index in [-0.39, 0.29) is 17.5 Å². The number of nitrogens with one attached hydrogen (secondary N) is 2. The first-order valence-corrected chi connectivity index (χ1v) is 5.66. The molecular formula is C11H18N4O3. The number of H-pyrrole nitrogens is 1. The van der Waals surface area contributed by atoms with Gasteiger partial charge >= 0.3 is 5.97 Å². The third kappa shape index (κ3) is 4.94. The Morgan fingerprint density at radius 2 is 2.17 bits per heavy atom. The smallest absolute Gasteiger partial charge is 0.305 e. The number of carboxylic acids is 1. The first-order chi connectivity index (χ1) is 8.28. The van der Waals surface area contributed by atoms with Crippen LogP contribution in [-0.4, -0.2) is 38.4 Å². The summed E-state index contributed by atoms with van der Waals surface area (Å²) in [5.41, 5.74) is 0.0799. The number of nitrogens with zero attached hydrogens (tertiary/aromatic N) is 2. The maximum Gasteiger partial charge on any atom is 0.305 e. The molecular weight excluding hydrogens is 236 g/mol. The highest BCUT2D eigenvalue weighted by molar-refractivity contribution is 5.92. The first kappa shape index (κ1) is 14.1. The van der Waals surface area contributed by atoms with E-state index in [0.717, 1.165) is 0 Å². The molecule has 1 amide bonds. The van der Waals surface area contributed by atoms with Crippen LogP contribution in [0.5, 0.6) is 0 Å². The third-order valence-electron chi connectivity index (χ3n) is 2.26. The van der Waals surface area contributed by atoms with Gasteiger partial charge in [0.15, 0.2) is 5.69 Å². The van der Waals surface area contributed by atoms with Crippen molar-refractivity contribution in [2.45, 2.75) is 39.7 Å². The lowest BCUT2D eigenvalue weighted by molar-refractivity contribution is -0.137. The van der Waals surface area contributed by atoms with Crippen molar-refractivity contribution in [2.24, 2.45) is 5.41 Å². The Labute approximate surface area is 105 Å². The minimum atomic E-state index is -0.940. The largest absolute Gasteiger partial charge is 0.481 e. The molecule has 0 radical (unpaired) electrons. The lowest BCUT2D eigenvalue weighted by Gasteiger charge is -2.25. The van der Waals surface area contributed by atoms with Crippen LogP contribution in [0.2, 0.25) is 0 Å². The number of carboxylic acid groups (broad SMARTS) is 1. The molecule has 0 saturated heterocycles. The van der Waals surface area contributed by atoms with Crippen molar-refractivity contribution < 1.29 is 14.7 Å². The van der Waals surface area contributed by atoms with E-state index < -0.39 is 17.9 Å². The molecule has 0 saturated carbocycles. The van der Waals surface area contributed by atoms with E-state index in [0.29, 0.717) is 6.42 Å². The Kier molecular flexibility index (Phi) is 4.41. The Morgan fingerprint density at radius 3 is 2.61 bits per heavy atom. The van der Waals surface area contributed by atoms with Gasteiger partial charge in [0.2, 0.25) is 0 Å². The standard InChI is InChI=1S/C11H18N4O3/c1-11(2,3)5-7(4-9(16)17)13-10(18)8-6-12-15-14-8/h6-7H,4-5H2,1-3H3,(H,13,18)(H,16,17)(H,12,14,15). The molecule has 0 bridgehead atoms. The maximum atomic E-state index is 11.8. The molecule has 1 heterocycles. The topological polar surface area (TPSA) is 108 Å². The maximum absolute atomic E-state index is 11.8. The third-order valence-corrected chi connectivity index (χ3v) is 2.26. The number of hydrogen-bond donors (Lipinski definition) is 3. The fraction of sp³-hybridized carbons (Fsp3) is 0.636. The van der Waals surface area contributed by atoms with Gasteiger partial charge in [0.1, 0.15) is 0 Å². The van der Waals surface area contributed by atoms with Crippen LogP contribution in [0.3, 0.4) is 0 Å². The van der Waals surface area contributed by atoms with Gasteiger partial charge in [0.25, 0.3) is 5.91 Å². The number of rotatable bonds is 5. The summed E-state index contributed by atoms with van der Waals surface area (Å²) >= 11 is 0. The number of carbonyl (C=O) groups excluding carboxylic acids is 1. The van der Waals surface area contributed by atoms with Gasteiger partial charge in [-0.05, 0) is 11.8 Å². The SMILES string of the molecule is CC(C)(C)CC(CC(=O)O)NC(=O)c1cn[nH]n1. The summed E-state index contributed by atoms with van der Waals surface area (Å²) in [5, 5.41) is 21.0. The number of aliphatic carboxylic acids is 1. The number of hydrogen-bond acceptors (Lipinski definition) is 4. The zero-order chi connectivity index (χ0) is 13.8. The fourth-order valence-electron chi connectivity index (χ4n) is 1.69. The quantitative estimate of drug-likeness (QED) is 0.720. The lowest BCUT2D eigenvalue weighted by Crippen LogP contribution is -2.39. The average molecular weight is 254 g/mol. The molecule has 1 atom stereocenters. The summed E-state index contributed by atoms with van der Waals surface area (Å²) in [7, 11) is 0. The first-order valence-electron chi connectivity index (χ1n) is 5.66. The predicted octanol–water partition coefficient (Wildman–Crippen LogP) is 0.814. The van der Waals surface area contributed by atoms with Crippen molar-refractivity contribution >= 4 is 11.9 Å². The molecule has 18 heavy (non-hydrogen) atoms. The van der Waals surface area contributed by atoms with E-state index in [1.54, 1.807) is 0 Å². The zero-order valence-electron chi connectivity index (χ0n) is 10.7. The highest BCUT2D eigenvalue weighted by Crippen LogP contribution is 2.22. The van der Waals surface area contributed by atoms with Crippen molar-refractivity contribution in [3.8, 4) is 0 Å². The van der Waals surface area contributed by atoms with Gasteiger partial charge < -0.3 is 10.4 Å². The molecule has 1 unspecified atom stereocenters. The van der Waals surface area contributed by atoms with E-state index in [9.17, 15) is 9.59 Å². The molecule has 0 fully saturated rings. The van der Waals surface area contributed by atoms with Crippen LogP contribution in [0.1, 0.15) is 44.1 Å². The van der Waals surface area contributed by atoms with Gasteiger partial charge in [-0.15, -0.1) is 0 Å². The second kappa shape index (κ2) is 5.61. The highest BCUT2D eigenvalue weighted by Gasteiger charge is 2.23. The Hall–Kier alpha value is -1.92. The molecule has 0 aromatic carbocycles. The highest BCUT2D eigenvalue weighted by atomic mass is 16.4. The van der Waals surface area contributed by atoms with Crippen molar-refractivity contribution in [1.82, 2.24) is 20.7 Å². The Morgan fingerprint density at radius 1 is 1.50 bits per heavy atom. The van der Waals surface area contributed by atoms with E-state index in [1.807, 2.05) is 20.8 Å². The second-order valence-electron chi connectivity index (χ2n) is 5.39. The summed E-state index contributed by atoms with van der Waals surface area (Å²) in [4.78, 5) is 22.5. The molecule has 7 heteroatoms. The normalized spacial score (nSPS) is 13.1. The van der Waals surface area contributed by atoms with Crippen LogP contribution < -0.4 is 5.32 Å². The van der Waals surface area contributed by atoms with Crippen LogP contribution >= 0.6 is 0 Å². The number of amides is 1. The second-order valence-corrected chi connectivity index (χ2v) is 5.39. The molecule has 1 aromatic heterocycles. The van der Waals surface area contributed by atoms with Gasteiger partial charge in [-0.2, -0.15) is 15.4 Å². The summed E-state index contributed by atoms with van der Waals surface area (Å²) in [6.45, 7) is 5.97. The van der Waals surface area contributed by atoms with Gasteiger partial charge in [-0.3, -0.25) is 9.59 Å². The molecule has 3 N–H and O–H groups in total. The zero-order valence-corrected chi connectivity index (χ0v) is 10.7. The van der Waals surface area contributed by atoms with Crippen LogP contribution in [-0.2, 0) is 4.79 Å². The van der Waals surface area contributed by atoms with E-state index in [1.165, 1.54) is 6.20 Å². The molecule has 100 valence electrons. The van der Waals surface area contributed by atoms with Crippen LogP contribution in [0.4, 0.5) is 0 Å². The van der Waals surface area contributed by atoms with E-state index >= 15 is 0 Å². The van der Waals surface area contributed by atoms with Gasteiger partial charge in [0, 0.05) is 6.04 Å². The summed E-state index contributed by atoms with van der Waals surface area (Å²) in [6.07, 6.45) is 1.76. The van der Waals surface area contributed by atoms with E-state index in [2.05, 4.69) is 20.7 Å². The summed E-state index contributed by atoms with van der Waals surface area (Å²) in [6, 6.07) is -0.424. The predicted molar refractivity (Wildman–Crippen MR) is 64.0 cm³/mol. The Balaban J connectivity index is 2.66. The van der Waals surface area contributed by atoms with Crippen molar-refractivity contribution in [2.75, 3.05) is 0 Å². The van der Waals surface area contributed by atoms with E-state index in [4.69, 9.17) is 5.11 Å². The number of carbonyl (C=O) groups is 2. The molecule has 0 spiro atoms. The molecule has 0 aliphatic carbocycles. The summed E-state index contributed by atoms with van der Waals surface area (Å²) < 4.78 is 0. The molecule has 1 aromatic rings. The van der Waals surface area contributed by atoms with Crippen LogP contribution in [0, 0.1) is 5.41 Å². The van der Waals surface area contributed by atoms with Crippen molar-refractivity contribution in [3.63, 3.8) is 0 Å². The molecule has 0 aliphatic rings. The fourth-order valence-corrected chi connectivity index (χ4v) is 1.69.